The Kier molecular flexibility index (Phi) is 3.58. The first-order chi connectivity index (χ1) is 6.61. The van der Waals surface area contributed by atoms with E-state index < -0.39 is 37.2 Å². The molecule has 1 aliphatic rings. The van der Waals surface area contributed by atoms with E-state index in [1.54, 1.807) is 0 Å². The molecule has 0 bridgehead atoms. The first-order valence-electron chi connectivity index (χ1n) is 3.93. The van der Waals surface area contributed by atoms with E-state index >= 15 is 0 Å². The Morgan fingerprint density at radius 1 is 1.14 bits per heavy atom. The summed E-state index contributed by atoms with van der Waals surface area (Å²) in [6.07, 6.45) is -5.91. The Hall–Kier alpha value is -0.960. The van der Waals surface area contributed by atoms with Gasteiger partial charge in [0.15, 0.2) is 6.29 Å². The van der Waals surface area contributed by atoms with Gasteiger partial charge in [0.05, 0.1) is 0 Å². The zero-order chi connectivity index (χ0) is 10.7. The summed E-state index contributed by atoms with van der Waals surface area (Å²) in [5, 5.41) is 32.4. The second-order valence-electron chi connectivity index (χ2n) is 2.95. The molecule has 0 saturated carbocycles. The van der Waals surface area contributed by atoms with Crippen LogP contribution in [0.3, 0.4) is 0 Å². The molecular formula is C6H10N2O6. The van der Waals surface area contributed by atoms with Gasteiger partial charge in [-0.25, -0.2) is 0 Å². The zero-order valence-corrected chi connectivity index (χ0v) is 7.05. The quantitative estimate of drug-likeness (QED) is 0.473. The van der Waals surface area contributed by atoms with Crippen LogP contribution in [-0.2, 0) is 4.74 Å². The van der Waals surface area contributed by atoms with Gasteiger partial charge in [-0.2, -0.15) is 9.81 Å². The zero-order valence-electron chi connectivity index (χ0n) is 7.05. The molecule has 80 valence electrons. The predicted molar refractivity (Wildman–Crippen MR) is 43.1 cm³/mol. The summed E-state index contributed by atoms with van der Waals surface area (Å²) < 4.78 is 4.67. The molecule has 5 unspecified atom stereocenters. The van der Waals surface area contributed by atoms with Gasteiger partial charge in [-0.05, 0) is 0 Å². The van der Waals surface area contributed by atoms with E-state index in [1.807, 2.05) is 0 Å². The van der Waals surface area contributed by atoms with Crippen LogP contribution in [0.15, 0.2) is 10.4 Å². The molecule has 8 nitrogen and oxygen atoms in total. The number of rotatable bonds is 3. The number of nitroso groups, excluding NO2 is 2. The lowest BCUT2D eigenvalue weighted by Crippen LogP contribution is -2.57. The minimum Gasteiger partial charge on any atom is -0.388 e. The average Bonchev–Trinajstić information content (AvgIpc) is 2.16. The van der Waals surface area contributed by atoms with Gasteiger partial charge in [0, 0.05) is 0 Å². The maximum atomic E-state index is 10.3. The van der Waals surface area contributed by atoms with Crippen molar-refractivity contribution in [2.75, 3.05) is 6.54 Å². The molecule has 0 radical (unpaired) electrons. The van der Waals surface area contributed by atoms with Crippen LogP contribution in [0.4, 0.5) is 0 Å². The van der Waals surface area contributed by atoms with Crippen molar-refractivity contribution in [2.45, 2.75) is 30.6 Å². The Labute approximate surface area is 78.4 Å². The summed E-state index contributed by atoms with van der Waals surface area (Å²) >= 11 is 0. The molecule has 1 saturated heterocycles. The number of aliphatic hydroxyl groups is 3. The van der Waals surface area contributed by atoms with Gasteiger partial charge in [-0.15, -0.1) is 0 Å². The van der Waals surface area contributed by atoms with Crippen LogP contribution in [0.2, 0.25) is 0 Å². The lowest BCUT2D eigenvalue weighted by atomic mass is 9.97. The Bertz CT molecular complexity index is 224. The largest absolute Gasteiger partial charge is 0.388 e. The molecule has 5 atom stereocenters. The fraction of sp³-hybridized carbons (Fsp3) is 1.00. The number of hydrogen-bond acceptors (Lipinski definition) is 8. The molecule has 0 aliphatic carbocycles. The van der Waals surface area contributed by atoms with E-state index in [4.69, 9.17) is 10.2 Å². The maximum absolute atomic E-state index is 10.3. The molecule has 1 aliphatic heterocycles. The first kappa shape index (κ1) is 11.1. The molecule has 0 aromatic carbocycles. The van der Waals surface area contributed by atoms with Crippen molar-refractivity contribution in [3.63, 3.8) is 0 Å². The van der Waals surface area contributed by atoms with Crippen molar-refractivity contribution in [1.82, 2.24) is 0 Å². The average molecular weight is 206 g/mol. The van der Waals surface area contributed by atoms with Crippen molar-refractivity contribution < 1.29 is 20.1 Å². The Morgan fingerprint density at radius 2 is 1.79 bits per heavy atom. The fourth-order valence-corrected chi connectivity index (χ4v) is 1.29. The van der Waals surface area contributed by atoms with Gasteiger partial charge in [0.1, 0.15) is 30.9 Å². The highest BCUT2D eigenvalue weighted by molar-refractivity contribution is 4.94. The van der Waals surface area contributed by atoms with Crippen LogP contribution >= 0.6 is 0 Å². The summed E-state index contributed by atoms with van der Waals surface area (Å²) in [4.78, 5) is 20.2. The summed E-state index contributed by atoms with van der Waals surface area (Å²) in [6, 6.07) is -1.30. The van der Waals surface area contributed by atoms with Crippen LogP contribution in [0.25, 0.3) is 0 Å². The number of aliphatic hydroxyl groups excluding tert-OH is 3. The molecule has 1 rings (SSSR count). The summed E-state index contributed by atoms with van der Waals surface area (Å²) in [6.45, 7) is -0.419. The highest BCUT2D eigenvalue weighted by atomic mass is 16.6. The number of nitrogens with zero attached hydrogens (tertiary/aromatic N) is 2. The van der Waals surface area contributed by atoms with Crippen molar-refractivity contribution in [1.29, 1.82) is 0 Å². The van der Waals surface area contributed by atoms with Crippen molar-refractivity contribution in [3.05, 3.63) is 9.81 Å². The minimum absolute atomic E-state index is 0.419. The lowest BCUT2D eigenvalue weighted by Gasteiger charge is -2.36. The van der Waals surface area contributed by atoms with Gasteiger partial charge in [0.25, 0.3) is 0 Å². The van der Waals surface area contributed by atoms with Crippen molar-refractivity contribution in [2.24, 2.45) is 10.4 Å². The van der Waals surface area contributed by atoms with Crippen LogP contribution in [0, 0.1) is 9.81 Å². The summed E-state index contributed by atoms with van der Waals surface area (Å²) in [7, 11) is 0. The van der Waals surface area contributed by atoms with E-state index in [2.05, 4.69) is 15.1 Å². The molecule has 14 heavy (non-hydrogen) atoms. The standard InChI is InChI=1S/C6H10N2O6/c9-4-3(8-13)2(1-7-12)14-6(11)5(4)10/h2-6,9-11H,1H2. The topological polar surface area (TPSA) is 129 Å². The normalized spacial score (nSPS) is 43.2. The smallest absolute Gasteiger partial charge is 0.184 e. The molecule has 1 heterocycles. The molecular weight excluding hydrogens is 196 g/mol. The first-order valence-corrected chi connectivity index (χ1v) is 3.93. The van der Waals surface area contributed by atoms with Crippen LogP contribution in [-0.4, -0.2) is 52.5 Å². The minimum atomic E-state index is -1.64. The number of hydrogen-bond donors (Lipinski definition) is 3. The molecule has 0 amide bonds. The highest BCUT2D eigenvalue weighted by Crippen LogP contribution is 2.22. The van der Waals surface area contributed by atoms with Gasteiger partial charge in [-0.1, -0.05) is 10.4 Å². The summed E-state index contributed by atoms with van der Waals surface area (Å²) in [5.41, 5.74) is 0. The van der Waals surface area contributed by atoms with E-state index in [-0.39, 0.29) is 0 Å². The van der Waals surface area contributed by atoms with Crippen molar-refractivity contribution >= 4 is 0 Å². The molecule has 0 aromatic rings. The van der Waals surface area contributed by atoms with Gasteiger partial charge in [-0.3, -0.25) is 0 Å². The highest BCUT2D eigenvalue weighted by Gasteiger charge is 2.45. The Balaban J connectivity index is 2.75. The fourth-order valence-electron chi connectivity index (χ4n) is 1.29. The lowest BCUT2D eigenvalue weighted by molar-refractivity contribution is -0.250. The van der Waals surface area contributed by atoms with Gasteiger partial charge in [0.2, 0.25) is 0 Å². The van der Waals surface area contributed by atoms with Crippen LogP contribution < -0.4 is 0 Å². The third kappa shape index (κ3) is 1.93. The Morgan fingerprint density at radius 3 is 2.29 bits per heavy atom. The van der Waals surface area contributed by atoms with E-state index in [0.717, 1.165) is 0 Å². The molecule has 8 heteroatoms. The van der Waals surface area contributed by atoms with Gasteiger partial charge >= 0.3 is 0 Å². The monoisotopic (exact) mass is 206 g/mol. The molecule has 3 N–H and O–H groups in total. The van der Waals surface area contributed by atoms with E-state index in [1.165, 1.54) is 0 Å². The third-order valence-corrected chi connectivity index (χ3v) is 2.06. The summed E-state index contributed by atoms with van der Waals surface area (Å²) in [5.74, 6) is 0. The maximum Gasteiger partial charge on any atom is 0.184 e. The van der Waals surface area contributed by atoms with Gasteiger partial charge < -0.3 is 20.1 Å². The van der Waals surface area contributed by atoms with Crippen LogP contribution in [0.1, 0.15) is 0 Å². The molecule has 0 spiro atoms. The third-order valence-electron chi connectivity index (χ3n) is 2.06. The van der Waals surface area contributed by atoms with Crippen LogP contribution in [0.5, 0.6) is 0 Å². The number of ether oxygens (including phenoxy) is 1. The van der Waals surface area contributed by atoms with E-state index in [9.17, 15) is 14.9 Å². The second kappa shape index (κ2) is 4.51. The second-order valence-corrected chi connectivity index (χ2v) is 2.95. The predicted octanol–water partition coefficient (Wildman–Crippen LogP) is -1.67. The van der Waals surface area contributed by atoms with E-state index in [0.29, 0.717) is 0 Å². The SMILES string of the molecule is O=NCC1OC(O)C(O)C(O)C1N=O. The molecule has 1 fully saturated rings. The van der Waals surface area contributed by atoms with Crippen molar-refractivity contribution in [3.8, 4) is 0 Å². The molecule has 0 aromatic heterocycles.